The van der Waals surface area contributed by atoms with Gasteiger partial charge in [-0.3, -0.25) is 9.59 Å². The molecule has 0 saturated carbocycles. The Hall–Kier alpha value is -2.97. The van der Waals surface area contributed by atoms with Gasteiger partial charge in [-0.05, 0) is 74.5 Å². The van der Waals surface area contributed by atoms with Gasteiger partial charge in [0.05, 0.1) is 5.30 Å². The second kappa shape index (κ2) is 8.61. The van der Waals surface area contributed by atoms with Gasteiger partial charge >= 0.3 is 8.38 Å². The summed E-state index contributed by atoms with van der Waals surface area (Å²) >= 11 is 0. The van der Waals surface area contributed by atoms with E-state index in [4.69, 9.17) is 9.05 Å². The Balaban J connectivity index is 1.83. The molecule has 0 saturated heterocycles. The van der Waals surface area contributed by atoms with Gasteiger partial charge in [-0.1, -0.05) is 18.2 Å². The molecule has 0 unspecified atom stereocenters. The summed E-state index contributed by atoms with van der Waals surface area (Å²) in [5.41, 5.74) is 1.26. The molecule has 0 aliphatic heterocycles. The molecular formula is C22H19O4P. The van der Waals surface area contributed by atoms with Crippen molar-refractivity contribution in [1.82, 2.24) is 0 Å². The molecule has 0 N–H and O–H groups in total. The summed E-state index contributed by atoms with van der Waals surface area (Å²) in [7, 11) is -1.43. The highest BCUT2D eigenvalue weighted by molar-refractivity contribution is 7.56. The first-order valence-electron chi connectivity index (χ1n) is 8.46. The van der Waals surface area contributed by atoms with Gasteiger partial charge in [-0.2, -0.15) is 0 Å². The van der Waals surface area contributed by atoms with E-state index in [-0.39, 0.29) is 11.6 Å². The van der Waals surface area contributed by atoms with Crippen LogP contribution in [-0.4, -0.2) is 11.6 Å². The molecule has 5 heteroatoms. The number of benzene rings is 3. The summed E-state index contributed by atoms with van der Waals surface area (Å²) in [5, 5.41) is 0.916. The predicted molar refractivity (Wildman–Crippen MR) is 107 cm³/mol. The van der Waals surface area contributed by atoms with Crippen LogP contribution in [0.4, 0.5) is 0 Å². The number of ketones is 2. The molecule has 0 aromatic heterocycles. The average Bonchev–Trinajstić information content (AvgIpc) is 2.69. The van der Waals surface area contributed by atoms with Gasteiger partial charge in [-0.15, -0.1) is 0 Å². The fraction of sp³-hybridized carbons (Fsp3) is 0.0909. The lowest BCUT2D eigenvalue weighted by Crippen LogP contribution is -2.09. The van der Waals surface area contributed by atoms with Gasteiger partial charge in [0.15, 0.2) is 11.6 Å². The lowest BCUT2D eigenvalue weighted by Gasteiger charge is -2.19. The molecule has 3 rings (SSSR count). The van der Waals surface area contributed by atoms with Crippen LogP contribution < -0.4 is 14.4 Å². The van der Waals surface area contributed by atoms with Crippen LogP contribution in [0.25, 0.3) is 0 Å². The minimum atomic E-state index is -1.43. The number of carbonyl (C=O) groups excluding carboxylic acids is 2. The third-order valence-corrected chi connectivity index (χ3v) is 5.34. The highest BCUT2D eigenvalue weighted by Crippen LogP contribution is 2.39. The Morgan fingerprint density at radius 3 is 1.41 bits per heavy atom. The lowest BCUT2D eigenvalue weighted by atomic mass is 10.1. The van der Waals surface area contributed by atoms with E-state index in [9.17, 15) is 9.59 Å². The van der Waals surface area contributed by atoms with Crippen LogP contribution in [0.1, 0.15) is 34.6 Å². The van der Waals surface area contributed by atoms with E-state index < -0.39 is 8.38 Å². The normalized spacial score (nSPS) is 10.5. The molecule has 136 valence electrons. The van der Waals surface area contributed by atoms with E-state index in [0.29, 0.717) is 22.6 Å². The minimum absolute atomic E-state index is 0.00804. The molecule has 0 heterocycles. The first-order chi connectivity index (χ1) is 13.0. The third kappa shape index (κ3) is 5.02. The summed E-state index contributed by atoms with van der Waals surface area (Å²) in [6.45, 7) is 3.06. The summed E-state index contributed by atoms with van der Waals surface area (Å²) in [6.07, 6.45) is 0. The first kappa shape index (κ1) is 18.8. The largest absolute Gasteiger partial charge is 0.435 e. The van der Waals surface area contributed by atoms with Crippen molar-refractivity contribution in [2.75, 3.05) is 0 Å². The average molecular weight is 378 g/mol. The Morgan fingerprint density at radius 1 is 0.630 bits per heavy atom. The van der Waals surface area contributed by atoms with Crippen LogP contribution in [0.2, 0.25) is 0 Å². The van der Waals surface area contributed by atoms with Gasteiger partial charge in [-0.25, -0.2) is 0 Å². The Morgan fingerprint density at radius 2 is 1.04 bits per heavy atom. The van der Waals surface area contributed by atoms with Crippen molar-refractivity contribution in [3.63, 3.8) is 0 Å². The van der Waals surface area contributed by atoms with Crippen molar-refractivity contribution in [2.45, 2.75) is 13.8 Å². The van der Waals surface area contributed by atoms with E-state index >= 15 is 0 Å². The van der Waals surface area contributed by atoms with Crippen LogP contribution in [-0.2, 0) is 0 Å². The van der Waals surface area contributed by atoms with Crippen LogP contribution in [0.5, 0.6) is 11.5 Å². The van der Waals surface area contributed by atoms with E-state index in [2.05, 4.69) is 0 Å². The molecule has 4 nitrogen and oxygen atoms in total. The summed E-state index contributed by atoms with van der Waals surface area (Å²) in [4.78, 5) is 22.9. The molecule has 27 heavy (non-hydrogen) atoms. The van der Waals surface area contributed by atoms with E-state index in [1.54, 1.807) is 48.5 Å². The second-order valence-electron chi connectivity index (χ2n) is 5.94. The maximum absolute atomic E-state index is 11.4. The van der Waals surface area contributed by atoms with Crippen molar-refractivity contribution < 1.29 is 18.6 Å². The van der Waals surface area contributed by atoms with Gasteiger partial charge < -0.3 is 9.05 Å². The monoisotopic (exact) mass is 378 g/mol. The fourth-order valence-electron chi connectivity index (χ4n) is 2.37. The molecule has 0 atom stereocenters. The summed E-state index contributed by atoms with van der Waals surface area (Å²) < 4.78 is 12.2. The van der Waals surface area contributed by atoms with E-state index in [1.165, 1.54) is 13.8 Å². The number of Topliss-reactive ketones (excluding diaryl/α,β-unsaturated/α-hetero) is 2. The smallest absolute Gasteiger partial charge is 0.326 e. The number of rotatable bonds is 7. The molecule has 0 aliphatic carbocycles. The van der Waals surface area contributed by atoms with Crippen LogP contribution in [0.3, 0.4) is 0 Å². The van der Waals surface area contributed by atoms with Gasteiger partial charge in [0, 0.05) is 11.1 Å². The van der Waals surface area contributed by atoms with Gasteiger partial charge in [0.1, 0.15) is 11.5 Å². The number of carbonyl (C=O) groups is 2. The minimum Gasteiger partial charge on any atom is -0.435 e. The molecule has 0 radical (unpaired) electrons. The van der Waals surface area contributed by atoms with Crippen molar-refractivity contribution >= 4 is 25.2 Å². The molecule has 3 aromatic carbocycles. The van der Waals surface area contributed by atoms with Gasteiger partial charge in [0.2, 0.25) is 0 Å². The molecule has 0 fully saturated rings. The summed E-state index contributed by atoms with van der Waals surface area (Å²) in [5.74, 6) is 1.26. The van der Waals surface area contributed by atoms with Gasteiger partial charge in [0.25, 0.3) is 0 Å². The van der Waals surface area contributed by atoms with Crippen LogP contribution in [0.15, 0.2) is 78.9 Å². The van der Waals surface area contributed by atoms with Crippen molar-refractivity contribution in [1.29, 1.82) is 0 Å². The van der Waals surface area contributed by atoms with Crippen LogP contribution >= 0.6 is 8.38 Å². The lowest BCUT2D eigenvalue weighted by molar-refractivity contribution is 0.100. The first-order valence-corrected chi connectivity index (χ1v) is 9.64. The zero-order valence-electron chi connectivity index (χ0n) is 15.1. The van der Waals surface area contributed by atoms with Crippen molar-refractivity contribution in [2.24, 2.45) is 0 Å². The highest BCUT2D eigenvalue weighted by atomic mass is 31.2. The fourth-order valence-corrected chi connectivity index (χ4v) is 3.66. The molecule has 0 bridgehead atoms. The number of hydrogen-bond donors (Lipinski definition) is 0. The van der Waals surface area contributed by atoms with Crippen molar-refractivity contribution in [3.05, 3.63) is 90.0 Å². The van der Waals surface area contributed by atoms with Crippen LogP contribution in [0, 0.1) is 0 Å². The predicted octanol–water partition coefficient (Wildman–Crippen LogP) is 5.19. The Kier molecular flexibility index (Phi) is 6.00. The quantitative estimate of drug-likeness (QED) is 0.420. The zero-order chi connectivity index (χ0) is 19.2. The van der Waals surface area contributed by atoms with Crippen molar-refractivity contribution in [3.8, 4) is 11.5 Å². The standard InChI is InChI=1S/C22H19O4P/c1-16(23)18-8-12-20(13-9-18)25-27(22-6-4-3-5-7-22)26-21-14-10-19(11-15-21)17(2)24/h3-15H,1-2H3. The Bertz CT molecular complexity index is 859. The topological polar surface area (TPSA) is 52.6 Å². The maximum Gasteiger partial charge on any atom is 0.326 e. The Labute approximate surface area is 159 Å². The summed E-state index contributed by atoms with van der Waals surface area (Å²) in [6, 6.07) is 23.7. The molecule has 0 spiro atoms. The van der Waals surface area contributed by atoms with E-state index in [0.717, 1.165) is 5.30 Å². The van der Waals surface area contributed by atoms with E-state index in [1.807, 2.05) is 30.3 Å². The third-order valence-electron chi connectivity index (χ3n) is 3.87. The highest BCUT2D eigenvalue weighted by Gasteiger charge is 2.18. The SMILES string of the molecule is CC(=O)c1ccc(OP(Oc2ccc(C(C)=O)cc2)c2ccccc2)cc1. The zero-order valence-corrected chi connectivity index (χ0v) is 16.0. The molecular weight excluding hydrogens is 359 g/mol. The maximum atomic E-state index is 11.4. The second-order valence-corrected chi connectivity index (χ2v) is 7.33. The molecule has 3 aromatic rings. The number of hydrogen-bond acceptors (Lipinski definition) is 4. The molecule has 0 aliphatic rings. The molecule has 0 amide bonds.